The highest BCUT2D eigenvalue weighted by atomic mass is 32.2. The van der Waals surface area contributed by atoms with E-state index in [-0.39, 0.29) is 11.2 Å². The Bertz CT molecular complexity index is 932. The van der Waals surface area contributed by atoms with Crippen molar-refractivity contribution in [3.8, 4) is 22.6 Å². The van der Waals surface area contributed by atoms with Crippen LogP contribution in [-0.2, 0) is 7.05 Å². The van der Waals surface area contributed by atoms with Gasteiger partial charge in [0, 0.05) is 29.3 Å². The van der Waals surface area contributed by atoms with Gasteiger partial charge in [-0.05, 0) is 57.1 Å². The molecule has 1 saturated carbocycles. The maximum absolute atomic E-state index is 12.6. The number of anilines is 1. The van der Waals surface area contributed by atoms with Gasteiger partial charge in [-0.3, -0.25) is 4.79 Å². The molecule has 6 heteroatoms. The summed E-state index contributed by atoms with van der Waals surface area (Å²) in [5.74, 6) is 2.13. The molecule has 0 atom stereocenters. The van der Waals surface area contributed by atoms with Gasteiger partial charge in [0.25, 0.3) is 5.56 Å². The SMILES string of the molecule is CSc1ccc(OCC2CC2)c(-c2cn(C)c(=O)c3c2OC(C)(C)CN3)c1. The number of nitrogens with zero attached hydrogens (tertiary/aromatic N) is 1. The maximum Gasteiger partial charge on any atom is 0.277 e. The van der Waals surface area contributed by atoms with Gasteiger partial charge in [-0.15, -0.1) is 11.8 Å². The molecule has 1 aliphatic carbocycles. The average Bonchev–Trinajstić information content (AvgIpc) is 3.46. The maximum atomic E-state index is 12.6. The topological polar surface area (TPSA) is 52.5 Å². The molecule has 0 unspecified atom stereocenters. The van der Waals surface area contributed by atoms with Crippen molar-refractivity contribution in [2.45, 2.75) is 37.2 Å². The lowest BCUT2D eigenvalue weighted by Crippen LogP contribution is -2.42. The lowest BCUT2D eigenvalue weighted by molar-refractivity contribution is 0.116. The second-order valence-electron chi connectivity index (χ2n) is 7.99. The number of nitrogens with one attached hydrogen (secondary N) is 1. The van der Waals surface area contributed by atoms with Gasteiger partial charge in [-0.25, -0.2) is 0 Å². The minimum absolute atomic E-state index is 0.0780. The van der Waals surface area contributed by atoms with Crippen molar-refractivity contribution in [1.82, 2.24) is 4.57 Å². The Balaban J connectivity index is 1.87. The van der Waals surface area contributed by atoms with Crippen molar-refractivity contribution in [1.29, 1.82) is 0 Å². The standard InChI is InChI=1S/C21H26N2O3S/c1-21(2)12-22-18-19(26-21)16(10-23(3)20(18)24)15-9-14(27-4)7-8-17(15)25-11-13-5-6-13/h7-10,13,22H,5-6,11-12H2,1-4H3. The number of fused-ring (bicyclic) bond motifs is 1. The molecule has 144 valence electrons. The number of pyridine rings is 1. The number of hydrogen-bond acceptors (Lipinski definition) is 5. The molecule has 2 heterocycles. The Hall–Kier alpha value is -2.08. The van der Waals surface area contributed by atoms with E-state index in [1.54, 1.807) is 23.4 Å². The third kappa shape index (κ3) is 3.68. The summed E-state index contributed by atoms with van der Waals surface area (Å²) < 4.78 is 14.0. The van der Waals surface area contributed by atoms with E-state index in [1.807, 2.05) is 26.1 Å². The highest BCUT2D eigenvalue weighted by Crippen LogP contribution is 2.44. The first-order valence-corrected chi connectivity index (χ1v) is 10.6. The number of hydrogen-bond donors (Lipinski definition) is 1. The average molecular weight is 387 g/mol. The molecule has 0 radical (unpaired) electrons. The number of ether oxygens (including phenoxy) is 2. The van der Waals surface area contributed by atoms with Gasteiger partial charge in [-0.2, -0.15) is 0 Å². The zero-order valence-electron chi connectivity index (χ0n) is 16.3. The molecule has 1 aliphatic heterocycles. The van der Waals surface area contributed by atoms with E-state index in [9.17, 15) is 4.79 Å². The number of aryl methyl sites for hydroxylation is 1. The molecule has 1 N–H and O–H groups in total. The van der Waals surface area contributed by atoms with E-state index < -0.39 is 0 Å². The quantitative estimate of drug-likeness (QED) is 0.783. The number of rotatable bonds is 5. The molecule has 2 aromatic rings. The summed E-state index contributed by atoms with van der Waals surface area (Å²) in [7, 11) is 1.77. The lowest BCUT2D eigenvalue weighted by Gasteiger charge is -2.34. The van der Waals surface area contributed by atoms with Gasteiger partial charge in [-0.1, -0.05) is 0 Å². The van der Waals surface area contributed by atoms with Gasteiger partial charge in [0.1, 0.15) is 17.0 Å². The van der Waals surface area contributed by atoms with E-state index in [1.165, 1.54) is 12.8 Å². The molecule has 2 aliphatic rings. The summed E-state index contributed by atoms with van der Waals surface area (Å²) in [6.07, 6.45) is 6.40. The van der Waals surface area contributed by atoms with Crippen molar-refractivity contribution in [2.75, 3.05) is 24.7 Å². The van der Waals surface area contributed by atoms with E-state index >= 15 is 0 Å². The fourth-order valence-corrected chi connectivity index (χ4v) is 3.69. The van der Waals surface area contributed by atoms with Gasteiger partial charge in [0.15, 0.2) is 5.75 Å². The molecule has 4 rings (SSSR count). The Morgan fingerprint density at radius 3 is 2.81 bits per heavy atom. The molecule has 5 nitrogen and oxygen atoms in total. The third-order valence-electron chi connectivity index (χ3n) is 5.05. The van der Waals surface area contributed by atoms with Crippen LogP contribution in [-0.4, -0.2) is 29.6 Å². The zero-order valence-corrected chi connectivity index (χ0v) is 17.1. The van der Waals surface area contributed by atoms with E-state index in [2.05, 4.69) is 23.7 Å². The van der Waals surface area contributed by atoms with Crippen LogP contribution < -0.4 is 20.3 Å². The first kappa shape index (κ1) is 18.3. The van der Waals surface area contributed by atoms with Crippen LogP contribution in [0.25, 0.3) is 11.1 Å². The second kappa shape index (κ2) is 6.82. The minimum Gasteiger partial charge on any atom is -0.493 e. The molecule has 0 amide bonds. The summed E-state index contributed by atoms with van der Waals surface area (Å²) in [5, 5.41) is 3.28. The summed E-state index contributed by atoms with van der Waals surface area (Å²) in [6, 6.07) is 6.23. The van der Waals surface area contributed by atoms with Gasteiger partial charge >= 0.3 is 0 Å². The highest BCUT2D eigenvalue weighted by Gasteiger charge is 2.32. The van der Waals surface area contributed by atoms with Crippen LogP contribution in [0.4, 0.5) is 5.69 Å². The molecule has 1 fully saturated rings. The number of benzene rings is 1. The lowest BCUT2D eigenvalue weighted by atomic mass is 10.0. The second-order valence-corrected chi connectivity index (χ2v) is 8.87. The highest BCUT2D eigenvalue weighted by molar-refractivity contribution is 7.98. The number of aromatic nitrogens is 1. The van der Waals surface area contributed by atoms with Gasteiger partial charge < -0.3 is 19.4 Å². The van der Waals surface area contributed by atoms with E-state index in [4.69, 9.17) is 9.47 Å². The molecular weight excluding hydrogens is 360 g/mol. The molecule has 1 aromatic heterocycles. The molecule has 0 saturated heterocycles. The summed E-state index contributed by atoms with van der Waals surface area (Å²) in [4.78, 5) is 13.8. The molecule has 27 heavy (non-hydrogen) atoms. The van der Waals surface area contributed by atoms with Crippen molar-refractivity contribution in [3.63, 3.8) is 0 Å². The van der Waals surface area contributed by atoms with E-state index in [0.717, 1.165) is 28.4 Å². The molecular formula is C21H26N2O3S. The Morgan fingerprint density at radius 1 is 1.33 bits per heavy atom. The fraction of sp³-hybridized carbons (Fsp3) is 0.476. The smallest absolute Gasteiger partial charge is 0.277 e. The van der Waals surface area contributed by atoms with Crippen LogP contribution in [0, 0.1) is 5.92 Å². The van der Waals surface area contributed by atoms with Crippen LogP contribution in [0.3, 0.4) is 0 Å². The first-order valence-electron chi connectivity index (χ1n) is 9.36. The van der Waals surface area contributed by atoms with E-state index in [0.29, 0.717) is 23.9 Å². The Morgan fingerprint density at radius 2 is 2.11 bits per heavy atom. The van der Waals surface area contributed by atoms with Crippen molar-refractivity contribution >= 4 is 17.4 Å². The van der Waals surface area contributed by atoms with Crippen LogP contribution in [0.2, 0.25) is 0 Å². The molecule has 0 spiro atoms. The first-order chi connectivity index (χ1) is 12.9. The van der Waals surface area contributed by atoms with Crippen LogP contribution >= 0.6 is 11.8 Å². The third-order valence-corrected chi connectivity index (χ3v) is 5.77. The van der Waals surface area contributed by atoms with Gasteiger partial charge in [0.05, 0.1) is 13.2 Å². The van der Waals surface area contributed by atoms with Crippen molar-refractivity contribution < 1.29 is 9.47 Å². The Kier molecular flexibility index (Phi) is 4.62. The van der Waals surface area contributed by atoms with Crippen LogP contribution in [0.15, 0.2) is 34.1 Å². The summed E-state index contributed by atoms with van der Waals surface area (Å²) in [5.41, 5.74) is 1.91. The minimum atomic E-state index is -0.389. The summed E-state index contributed by atoms with van der Waals surface area (Å²) >= 11 is 1.69. The molecule has 1 aromatic carbocycles. The summed E-state index contributed by atoms with van der Waals surface area (Å²) in [6.45, 7) is 5.37. The number of thioether (sulfide) groups is 1. The van der Waals surface area contributed by atoms with Crippen molar-refractivity contribution in [2.24, 2.45) is 13.0 Å². The van der Waals surface area contributed by atoms with Gasteiger partial charge in [0.2, 0.25) is 0 Å². The Labute approximate surface area is 164 Å². The normalized spacial score (nSPS) is 17.6. The monoisotopic (exact) mass is 386 g/mol. The van der Waals surface area contributed by atoms with Crippen LogP contribution in [0.5, 0.6) is 11.5 Å². The largest absolute Gasteiger partial charge is 0.493 e. The molecule has 0 bridgehead atoms. The fourth-order valence-electron chi connectivity index (χ4n) is 3.25. The predicted molar refractivity (Wildman–Crippen MR) is 110 cm³/mol. The van der Waals surface area contributed by atoms with Crippen LogP contribution in [0.1, 0.15) is 26.7 Å². The predicted octanol–water partition coefficient (Wildman–Crippen LogP) is 4.15. The van der Waals surface area contributed by atoms with Crippen molar-refractivity contribution in [3.05, 3.63) is 34.7 Å². The zero-order chi connectivity index (χ0) is 19.2.